The lowest BCUT2D eigenvalue weighted by Gasteiger charge is -2.09. The third-order valence-electron chi connectivity index (χ3n) is 2.37. The molecule has 1 aromatic rings. The molecule has 0 atom stereocenters. The molecule has 0 saturated carbocycles. The van der Waals surface area contributed by atoms with E-state index in [9.17, 15) is 13.6 Å². The zero-order chi connectivity index (χ0) is 10.2. The number of carbonyl (C=O) groups excluding carboxylic acids is 1. The summed E-state index contributed by atoms with van der Waals surface area (Å²) in [5, 5.41) is 0. The number of hydrogen-bond acceptors (Lipinski definition) is 2. The maximum Gasteiger partial charge on any atom is 0.273 e. The fourth-order valence-electron chi connectivity index (χ4n) is 1.67. The number of isocyanates is 1. The van der Waals surface area contributed by atoms with Gasteiger partial charge in [-0.2, -0.15) is 4.99 Å². The molecule has 2 rings (SSSR count). The third kappa shape index (κ3) is 1.34. The first-order valence-corrected chi connectivity index (χ1v) is 4.22. The van der Waals surface area contributed by atoms with Gasteiger partial charge < -0.3 is 0 Å². The van der Waals surface area contributed by atoms with Crippen molar-refractivity contribution in [1.82, 2.24) is 0 Å². The van der Waals surface area contributed by atoms with Crippen LogP contribution in [0.5, 0.6) is 0 Å². The molecule has 1 aliphatic carbocycles. The first-order chi connectivity index (χ1) is 6.63. The fraction of sp³-hybridized carbons (Fsp3) is 0.300. The van der Waals surface area contributed by atoms with E-state index in [-0.39, 0.29) is 17.7 Å². The Bertz CT molecular complexity index is 422. The molecule has 0 unspecified atom stereocenters. The third-order valence-corrected chi connectivity index (χ3v) is 2.37. The lowest BCUT2D eigenvalue weighted by atomic mass is 10.1. The number of nitrogens with zero attached hydrogens (tertiary/aromatic N) is 1. The molecular formula is C10H7F2NO. The molecule has 0 N–H and O–H groups in total. The molecule has 0 fully saturated rings. The van der Waals surface area contributed by atoms with E-state index < -0.39 is 5.92 Å². The predicted molar refractivity (Wildman–Crippen MR) is 46.4 cm³/mol. The number of halogens is 2. The van der Waals surface area contributed by atoms with Crippen LogP contribution in [0.25, 0.3) is 0 Å². The highest BCUT2D eigenvalue weighted by molar-refractivity contribution is 5.53. The van der Waals surface area contributed by atoms with Gasteiger partial charge in [0.05, 0.1) is 5.69 Å². The normalized spacial score (nSPS) is 17.3. The van der Waals surface area contributed by atoms with Gasteiger partial charge in [-0.3, -0.25) is 0 Å². The summed E-state index contributed by atoms with van der Waals surface area (Å²) in [4.78, 5) is 13.3. The smallest absolute Gasteiger partial charge is 0.211 e. The molecule has 2 nitrogen and oxygen atoms in total. The average molecular weight is 195 g/mol. The Labute approximate surface area is 79.3 Å². The Morgan fingerprint density at radius 2 is 2.21 bits per heavy atom. The largest absolute Gasteiger partial charge is 0.273 e. The number of benzene rings is 1. The molecule has 0 radical (unpaired) electrons. The zero-order valence-corrected chi connectivity index (χ0v) is 7.26. The van der Waals surface area contributed by atoms with Crippen molar-refractivity contribution in [3.05, 3.63) is 29.3 Å². The summed E-state index contributed by atoms with van der Waals surface area (Å²) in [6, 6.07) is 4.39. The number of aliphatic imine (C=N–C) groups is 1. The molecule has 14 heavy (non-hydrogen) atoms. The Hall–Kier alpha value is -1.54. The van der Waals surface area contributed by atoms with Crippen LogP contribution in [-0.2, 0) is 17.1 Å². The van der Waals surface area contributed by atoms with Crippen LogP contribution in [0.15, 0.2) is 23.2 Å². The standard InChI is InChI=1S/C10H7F2NO/c11-10(12)4-3-7-1-2-8(13-6-14)5-9(7)10/h1-2,5H,3-4H2. The fourth-order valence-corrected chi connectivity index (χ4v) is 1.67. The van der Waals surface area contributed by atoms with Crippen LogP contribution in [0, 0.1) is 0 Å². The highest BCUT2D eigenvalue weighted by Gasteiger charge is 2.38. The Morgan fingerprint density at radius 1 is 1.43 bits per heavy atom. The van der Waals surface area contributed by atoms with Crippen LogP contribution in [-0.4, -0.2) is 6.08 Å². The van der Waals surface area contributed by atoms with Gasteiger partial charge in [-0.25, -0.2) is 13.6 Å². The highest BCUT2D eigenvalue weighted by Crippen LogP contribution is 2.42. The van der Waals surface area contributed by atoms with Crippen LogP contribution in [0.1, 0.15) is 17.5 Å². The van der Waals surface area contributed by atoms with Gasteiger partial charge in [-0.1, -0.05) is 6.07 Å². The van der Waals surface area contributed by atoms with Gasteiger partial charge in [0.1, 0.15) is 0 Å². The van der Waals surface area contributed by atoms with Crippen molar-refractivity contribution in [1.29, 1.82) is 0 Å². The first-order valence-electron chi connectivity index (χ1n) is 4.22. The molecule has 0 heterocycles. The molecule has 0 saturated heterocycles. The summed E-state index contributed by atoms with van der Waals surface area (Å²) in [6.07, 6.45) is 1.56. The Balaban J connectivity index is 2.53. The van der Waals surface area contributed by atoms with Gasteiger partial charge in [0.25, 0.3) is 5.92 Å². The maximum atomic E-state index is 13.2. The summed E-state index contributed by atoms with van der Waals surface area (Å²) in [7, 11) is 0. The number of aryl methyl sites for hydroxylation is 1. The summed E-state index contributed by atoms with van der Waals surface area (Å²) < 4.78 is 26.4. The quantitative estimate of drug-likeness (QED) is 0.500. The number of fused-ring (bicyclic) bond motifs is 1. The molecular weight excluding hydrogens is 188 g/mol. The van der Waals surface area contributed by atoms with Gasteiger partial charge in [0.2, 0.25) is 6.08 Å². The maximum absolute atomic E-state index is 13.2. The monoisotopic (exact) mass is 195 g/mol. The van der Waals surface area contributed by atoms with Gasteiger partial charge in [0.15, 0.2) is 0 Å². The number of hydrogen-bond donors (Lipinski definition) is 0. The SMILES string of the molecule is O=C=Nc1ccc2c(c1)C(F)(F)CC2. The topological polar surface area (TPSA) is 29.4 Å². The predicted octanol–water partition coefficient (Wildman–Crippen LogP) is 2.69. The van der Waals surface area contributed by atoms with Crippen LogP contribution in [0.4, 0.5) is 14.5 Å². The lowest BCUT2D eigenvalue weighted by Crippen LogP contribution is -2.06. The molecule has 1 aromatic carbocycles. The summed E-state index contributed by atoms with van der Waals surface area (Å²) >= 11 is 0. The Morgan fingerprint density at radius 3 is 2.93 bits per heavy atom. The average Bonchev–Trinajstić information content (AvgIpc) is 2.44. The van der Waals surface area contributed by atoms with Crippen molar-refractivity contribution >= 4 is 11.8 Å². The van der Waals surface area contributed by atoms with Crippen molar-refractivity contribution < 1.29 is 13.6 Å². The molecule has 4 heteroatoms. The molecule has 0 spiro atoms. The Kier molecular flexibility index (Phi) is 1.93. The minimum atomic E-state index is -2.77. The van der Waals surface area contributed by atoms with Crippen molar-refractivity contribution in [2.45, 2.75) is 18.8 Å². The highest BCUT2D eigenvalue weighted by atomic mass is 19.3. The van der Waals surface area contributed by atoms with Crippen LogP contribution in [0.2, 0.25) is 0 Å². The van der Waals surface area contributed by atoms with Gasteiger partial charge in [-0.15, -0.1) is 0 Å². The van der Waals surface area contributed by atoms with E-state index in [4.69, 9.17) is 0 Å². The minimum absolute atomic E-state index is 0.00556. The van der Waals surface area contributed by atoms with Crippen molar-refractivity contribution in [3.63, 3.8) is 0 Å². The summed E-state index contributed by atoms with van der Waals surface area (Å²) in [5.74, 6) is -2.77. The van der Waals surface area contributed by atoms with E-state index >= 15 is 0 Å². The van der Waals surface area contributed by atoms with Crippen LogP contribution < -0.4 is 0 Å². The number of alkyl halides is 2. The van der Waals surface area contributed by atoms with Crippen molar-refractivity contribution in [2.75, 3.05) is 0 Å². The van der Waals surface area contributed by atoms with E-state index in [1.54, 1.807) is 12.1 Å². The molecule has 72 valence electrons. The van der Waals surface area contributed by atoms with Crippen molar-refractivity contribution in [2.24, 2.45) is 4.99 Å². The van der Waals surface area contributed by atoms with E-state index in [1.807, 2.05) is 0 Å². The first kappa shape index (κ1) is 9.03. The van der Waals surface area contributed by atoms with Crippen LogP contribution >= 0.6 is 0 Å². The lowest BCUT2D eigenvalue weighted by molar-refractivity contribution is -0.00180. The molecule has 0 amide bonds. The molecule has 1 aliphatic rings. The molecule has 0 aliphatic heterocycles. The van der Waals surface area contributed by atoms with E-state index in [1.165, 1.54) is 12.1 Å². The second-order valence-corrected chi connectivity index (χ2v) is 3.25. The summed E-state index contributed by atoms with van der Waals surface area (Å²) in [5.41, 5.74) is 0.870. The van der Waals surface area contributed by atoms with E-state index in [0.717, 1.165) is 0 Å². The van der Waals surface area contributed by atoms with Gasteiger partial charge >= 0.3 is 0 Å². The molecule has 0 aromatic heterocycles. The minimum Gasteiger partial charge on any atom is -0.211 e. The molecule has 0 bridgehead atoms. The zero-order valence-electron chi connectivity index (χ0n) is 7.26. The van der Waals surface area contributed by atoms with Crippen LogP contribution in [0.3, 0.4) is 0 Å². The summed E-state index contributed by atoms with van der Waals surface area (Å²) in [6.45, 7) is 0. The number of rotatable bonds is 1. The second kappa shape index (κ2) is 3.00. The van der Waals surface area contributed by atoms with E-state index in [0.29, 0.717) is 12.0 Å². The van der Waals surface area contributed by atoms with Gasteiger partial charge in [-0.05, 0) is 24.1 Å². The second-order valence-electron chi connectivity index (χ2n) is 3.25. The van der Waals surface area contributed by atoms with Gasteiger partial charge in [0, 0.05) is 12.0 Å². The van der Waals surface area contributed by atoms with E-state index in [2.05, 4.69) is 4.99 Å². The van der Waals surface area contributed by atoms with Crippen molar-refractivity contribution in [3.8, 4) is 0 Å².